The van der Waals surface area contributed by atoms with Crippen molar-refractivity contribution in [3.8, 4) is 17.4 Å². The summed E-state index contributed by atoms with van der Waals surface area (Å²) in [4.78, 5) is 0. The van der Waals surface area contributed by atoms with Crippen molar-refractivity contribution in [1.29, 1.82) is 0 Å². The molecule has 1 heterocycles. The van der Waals surface area contributed by atoms with Crippen LogP contribution in [0, 0.1) is 0 Å². The van der Waals surface area contributed by atoms with Gasteiger partial charge in [-0.1, -0.05) is 41.5 Å². The number of tetrazole rings is 1. The van der Waals surface area contributed by atoms with Gasteiger partial charge >= 0.3 is 6.01 Å². The molecule has 1 aromatic heterocycles. The first kappa shape index (κ1) is 10.5. The third-order valence-corrected chi connectivity index (χ3v) is 2.39. The van der Waals surface area contributed by atoms with Gasteiger partial charge in [0.05, 0.1) is 5.69 Å². The molecule has 0 unspecified atom stereocenters. The molecule has 0 amide bonds. The Balaban J connectivity index is 1.93. The second kappa shape index (κ2) is 4.67. The van der Waals surface area contributed by atoms with E-state index in [1.165, 1.54) is 0 Å². The predicted molar refractivity (Wildman–Crippen MR) is 65.7 cm³/mol. The van der Waals surface area contributed by atoms with Crippen LogP contribution >= 0.6 is 0 Å². The highest BCUT2D eigenvalue weighted by Crippen LogP contribution is 2.20. The topological polar surface area (TPSA) is 52.8 Å². The second-order valence-corrected chi connectivity index (χ2v) is 3.62. The van der Waals surface area contributed by atoms with Gasteiger partial charge in [0, 0.05) is 0 Å². The summed E-state index contributed by atoms with van der Waals surface area (Å²) in [6.45, 7) is 0. The van der Waals surface area contributed by atoms with Crippen molar-refractivity contribution in [2.24, 2.45) is 0 Å². The highest BCUT2D eigenvalue weighted by atomic mass is 16.5. The minimum atomic E-state index is 0.340. The van der Waals surface area contributed by atoms with E-state index in [2.05, 4.69) is 15.5 Å². The van der Waals surface area contributed by atoms with Crippen molar-refractivity contribution in [1.82, 2.24) is 20.2 Å². The minimum Gasteiger partial charge on any atom is -0.423 e. The van der Waals surface area contributed by atoms with Crippen LogP contribution in [0.4, 0.5) is 0 Å². The molecule has 0 aliphatic rings. The molecule has 0 fully saturated rings. The molecule has 0 saturated carbocycles. The lowest BCUT2D eigenvalue weighted by molar-refractivity contribution is 0.427. The lowest BCUT2D eigenvalue weighted by Crippen LogP contribution is -1.99. The standard InChI is InChI=1S/C13H10N4O/c1-3-7-11(8-4-1)17-13(14-15-16-17)18-12-9-5-2-6-10-12/h1-10H. The van der Waals surface area contributed by atoms with E-state index in [1.54, 1.807) is 4.68 Å². The Morgan fingerprint density at radius 2 is 1.50 bits per heavy atom. The Labute approximate surface area is 104 Å². The van der Waals surface area contributed by atoms with Crippen molar-refractivity contribution in [2.75, 3.05) is 0 Å². The van der Waals surface area contributed by atoms with Gasteiger partial charge in [0.1, 0.15) is 5.75 Å². The van der Waals surface area contributed by atoms with E-state index in [-0.39, 0.29) is 0 Å². The fraction of sp³-hybridized carbons (Fsp3) is 0. The lowest BCUT2D eigenvalue weighted by Gasteiger charge is -2.05. The molecule has 3 rings (SSSR count). The van der Waals surface area contributed by atoms with E-state index >= 15 is 0 Å². The number of ether oxygens (including phenoxy) is 1. The first-order valence-corrected chi connectivity index (χ1v) is 5.50. The predicted octanol–water partition coefficient (Wildman–Crippen LogP) is 2.45. The van der Waals surface area contributed by atoms with Crippen LogP contribution in [-0.4, -0.2) is 20.2 Å². The fourth-order valence-electron chi connectivity index (χ4n) is 1.57. The van der Waals surface area contributed by atoms with Crippen LogP contribution in [0.15, 0.2) is 60.7 Å². The molecule has 0 aliphatic carbocycles. The van der Waals surface area contributed by atoms with Crippen LogP contribution in [0.25, 0.3) is 5.69 Å². The van der Waals surface area contributed by atoms with Gasteiger partial charge in [-0.15, -0.1) is 0 Å². The van der Waals surface area contributed by atoms with Gasteiger partial charge in [-0.05, 0) is 34.7 Å². The normalized spacial score (nSPS) is 10.2. The summed E-state index contributed by atoms with van der Waals surface area (Å²) in [6.07, 6.45) is 0. The summed E-state index contributed by atoms with van der Waals surface area (Å²) in [5.74, 6) is 0.699. The molecule has 0 atom stereocenters. The zero-order valence-corrected chi connectivity index (χ0v) is 9.47. The summed E-state index contributed by atoms with van der Waals surface area (Å²) in [7, 11) is 0. The summed E-state index contributed by atoms with van der Waals surface area (Å²) in [6, 6.07) is 19.4. The third kappa shape index (κ3) is 2.06. The second-order valence-electron chi connectivity index (χ2n) is 3.62. The summed E-state index contributed by atoms with van der Waals surface area (Å²) < 4.78 is 7.18. The van der Waals surface area contributed by atoms with E-state index in [0.29, 0.717) is 11.8 Å². The summed E-state index contributed by atoms with van der Waals surface area (Å²) in [5, 5.41) is 11.4. The number of benzene rings is 2. The van der Waals surface area contributed by atoms with Gasteiger partial charge in [-0.25, -0.2) is 0 Å². The smallest absolute Gasteiger partial charge is 0.345 e. The number of hydrogen-bond acceptors (Lipinski definition) is 4. The van der Waals surface area contributed by atoms with Crippen LogP contribution in [-0.2, 0) is 0 Å². The van der Waals surface area contributed by atoms with Crippen molar-refractivity contribution in [3.63, 3.8) is 0 Å². The minimum absolute atomic E-state index is 0.340. The highest BCUT2D eigenvalue weighted by Gasteiger charge is 2.09. The van der Waals surface area contributed by atoms with Gasteiger partial charge in [0.25, 0.3) is 0 Å². The zero-order valence-electron chi connectivity index (χ0n) is 9.47. The monoisotopic (exact) mass is 238 g/mol. The van der Waals surface area contributed by atoms with E-state index < -0.39 is 0 Å². The van der Waals surface area contributed by atoms with Gasteiger partial charge < -0.3 is 4.74 Å². The van der Waals surface area contributed by atoms with E-state index in [1.807, 2.05) is 60.7 Å². The quantitative estimate of drug-likeness (QED) is 0.703. The Morgan fingerprint density at radius 1 is 0.833 bits per heavy atom. The third-order valence-electron chi connectivity index (χ3n) is 2.39. The van der Waals surface area contributed by atoms with Crippen LogP contribution in [0.5, 0.6) is 11.8 Å². The van der Waals surface area contributed by atoms with Gasteiger partial charge in [0.2, 0.25) is 0 Å². The number of hydrogen-bond donors (Lipinski definition) is 0. The number of aromatic nitrogens is 4. The van der Waals surface area contributed by atoms with Crippen molar-refractivity contribution in [2.45, 2.75) is 0 Å². The van der Waals surface area contributed by atoms with E-state index in [4.69, 9.17) is 4.74 Å². The first-order chi connectivity index (χ1) is 8.93. The molecule has 0 bridgehead atoms. The molecule has 88 valence electrons. The van der Waals surface area contributed by atoms with E-state index in [9.17, 15) is 0 Å². The summed E-state index contributed by atoms with van der Waals surface area (Å²) in [5.41, 5.74) is 0.855. The maximum absolute atomic E-state index is 5.63. The van der Waals surface area contributed by atoms with Gasteiger partial charge in [0.15, 0.2) is 0 Å². The maximum Gasteiger partial charge on any atom is 0.345 e. The highest BCUT2D eigenvalue weighted by molar-refractivity contribution is 5.33. The van der Waals surface area contributed by atoms with Crippen LogP contribution in [0.3, 0.4) is 0 Å². The molecule has 0 radical (unpaired) electrons. The largest absolute Gasteiger partial charge is 0.423 e. The van der Waals surface area contributed by atoms with Crippen LogP contribution < -0.4 is 4.74 Å². The molecule has 5 nitrogen and oxygen atoms in total. The van der Waals surface area contributed by atoms with E-state index in [0.717, 1.165) is 5.69 Å². The number of rotatable bonds is 3. The lowest BCUT2D eigenvalue weighted by atomic mass is 10.3. The molecule has 0 aliphatic heterocycles. The first-order valence-electron chi connectivity index (χ1n) is 5.50. The Hall–Kier alpha value is -2.69. The molecule has 2 aromatic carbocycles. The average Bonchev–Trinajstić information content (AvgIpc) is 2.89. The molecule has 3 aromatic rings. The van der Waals surface area contributed by atoms with Gasteiger partial charge in [-0.3, -0.25) is 0 Å². The molecule has 0 N–H and O–H groups in total. The SMILES string of the molecule is c1ccc(Oc2nnnn2-c2ccccc2)cc1. The Kier molecular flexibility index (Phi) is 2.71. The Morgan fingerprint density at radius 3 is 2.22 bits per heavy atom. The average molecular weight is 238 g/mol. The molecule has 5 heteroatoms. The number of para-hydroxylation sites is 2. The Bertz CT molecular complexity index is 622. The molecular formula is C13H10N4O. The molecule has 0 saturated heterocycles. The fourth-order valence-corrected chi connectivity index (χ4v) is 1.57. The van der Waals surface area contributed by atoms with Crippen molar-refractivity contribution >= 4 is 0 Å². The number of nitrogens with zero attached hydrogens (tertiary/aromatic N) is 4. The van der Waals surface area contributed by atoms with Crippen molar-refractivity contribution in [3.05, 3.63) is 60.7 Å². The maximum atomic E-state index is 5.63. The van der Waals surface area contributed by atoms with Crippen LogP contribution in [0.1, 0.15) is 0 Å². The molecule has 0 spiro atoms. The van der Waals surface area contributed by atoms with Crippen molar-refractivity contribution < 1.29 is 4.74 Å². The molecule has 18 heavy (non-hydrogen) atoms. The van der Waals surface area contributed by atoms with Gasteiger partial charge in [-0.2, -0.15) is 4.68 Å². The zero-order chi connectivity index (χ0) is 12.2. The van der Waals surface area contributed by atoms with Crippen LogP contribution in [0.2, 0.25) is 0 Å². The molecular weight excluding hydrogens is 228 g/mol. The summed E-state index contributed by atoms with van der Waals surface area (Å²) >= 11 is 0.